The molecule has 2 aromatic rings. The highest BCUT2D eigenvalue weighted by molar-refractivity contribution is 7.09. The summed E-state index contributed by atoms with van der Waals surface area (Å²) in [6.07, 6.45) is -3.51. The summed E-state index contributed by atoms with van der Waals surface area (Å²) in [5.41, 5.74) is 0.981. The topological polar surface area (TPSA) is 12.0 Å². The predicted octanol–water partition coefficient (Wildman–Crippen LogP) is 4.58. The maximum atomic E-state index is 12.7. The summed E-state index contributed by atoms with van der Waals surface area (Å²) in [5.74, 6) is 0. The number of thiophene rings is 1. The number of halogens is 3. The number of nitrogens with one attached hydrogen (secondary N) is 1. The van der Waals surface area contributed by atoms with Gasteiger partial charge in [0, 0.05) is 17.3 Å². The molecule has 0 spiro atoms. The molecule has 1 nitrogen and oxygen atoms in total. The minimum Gasteiger partial charge on any atom is -0.313 e. The molecule has 0 aliphatic heterocycles. The molecule has 108 valence electrons. The third-order valence-corrected chi connectivity index (χ3v) is 4.21. The molecule has 0 aliphatic rings. The summed E-state index contributed by atoms with van der Waals surface area (Å²) in [5, 5.41) is 5.18. The highest BCUT2D eigenvalue weighted by atomic mass is 32.1. The van der Waals surface area contributed by atoms with Gasteiger partial charge in [-0.1, -0.05) is 12.1 Å². The largest absolute Gasteiger partial charge is 0.416 e. The second-order valence-corrected chi connectivity index (χ2v) is 5.73. The van der Waals surface area contributed by atoms with Gasteiger partial charge in [0.05, 0.1) is 5.56 Å². The molecule has 0 amide bonds. The Hall–Kier alpha value is -1.33. The lowest BCUT2D eigenvalue weighted by Crippen LogP contribution is -2.20. The van der Waals surface area contributed by atoms with Crippen LogP contribution in [0.2, 0.25) is 0 Å². The van der Waals surface area contributed by atoms with Crippen LogP contribution in [-0.4, -0.2) is 7.05 Å². The molecule has 1 N–H and O–H groups in total. The zero-order valence-corrected chi connectivity index (χ0v) is 12.1. The van der Waals surface area contributed by atoms with Gasteiger partial charge in [-0.25, -0.2) is 0 Å². The third-order valence-electron chi connectivity index (χ3n) is 3.31. The molecule has 1 aromatic carbocycles. The van der Waals surface area contributed by atoms with Crippen LogP contribution >= 0.6 is 11.3 Å². The lowest BCUT2D eigenvalue weighted by Gasteiger charge is -2.19. The first kappa shape index (κ1) is 15.1. The van der Waals surface area contributed by atoms with E-state index in [1.807, 2.05) is 24.6 Å². The van der Waals surface area contributed by atoms with Crippen LogP contribution in [0.1, 0.15) is 27.6 Å². The molecule has 0 aliphatic carbocycles. The van der Waals surface area contributed by atoms with Gasteiger partial charge < -0.3 is 5.32 Å². The van der Waals surface area contributed by atoms with Crippen molar-refractivity contribution >= 4 is 11.3 Å². The van der Waals surface area contributed by atoms with E-state index in [-0.39, 0.29) is 6.04 Å². The van der Waals surface area contributed by atoms with E-state index in [1.54, 1.807) is 24.3 Å². The highest BCUT2D eigenvalue weighted by Crippen LogP contribution is 2.32. The zero-order valence-electron chi connectivity index (χ0n) is 11.3. The van der Waals surface area contributed by atoms with Gasteiger partial charge in [-0.2, -0.15) is 13.2 Å². The molecule has 0 bridgehead atoms. The molecule has 5 heteroatoms. The second kappa shape index (κ2) is 5.97. The first-order valence-corrected chi connectivity index (χ1v) is 7.17. The maximum absolute atomic E-state index is 12.7. The molecular weight excluding hydrogens is 283 g/mol. The summed E-state index contributed by atoms with van der Waals surface area (Å²) in [6.45, 7) is 1.73. The van der Waals surface area contributed by atoms with E-state index < -0.39 is 11.7 Å². The van der Waals surface area contributed by atoms with Crippen molar-refractivity contribution in [2.45, 2.75) is 25.6 Å². The van der Waals surface area contributed by atoms with E-state index >= 15 is 0 Å². The Balaban J connectivity index is 2.26. The van der Waals surface area contributed by atoms with E-state index in [1.165, 1.54) is 10.9 Å². The Bertz CT molecular complexity index is 561. The van der Waals surface area contributed by atoms with Gasteiger partial charge >= 0.3 is 6.18 Å². The van der Waals surface area contributed by atoms with Gasteiger partial charge in [-0.05, 0) is 48.7 Å². The summed E-state index contributed by atoms with van der Waals surface area (Å²) < 4.78 is 38.0. The fourth-order valence-electron chi connectivity index (χ4n) is 2.24. The molecule has 0 saturated heterocycles. The van der Waals surface area contributed by atoms with E-state index in [0.29, 0.717) is 5.56 Å². The Morgan fingerprint density at radius 1 is 1.25 bits per heavy atom. The smallest absolute Gasteiger partial charge is 0.313 e. The van der Waals surface area contributed by atoms with Crippen LogP contribution in [-0.2, 0) is 12.6 Å². The fourth-order valence-corrected chi connectivity index (χ4v) is 2.99. The van der Waals surface area contributed by atoms with Gasteiger partial charge in [0.15, 0.2) is 0 Å². The van der Waals surface area contributed by atoms with Crippen molar-refractivity contribution in [1.29, 1.82) is 0 Å². The van der Waals surface area contributed by atoms with Crippen LogP contribution in [0.5, 0.6) is 0 Å². The van der Waals surface area contributed by atoms with E-state index in [2.05, 4.69) is 5.32 Å². The molecule has 1 unspecified atom stereocenters. The van der Waals surface area contributed by atoms with E-state index in [4.69, 9.17) is 0 Å². The molecule has 0 saturated carbocycles. The second-order valence-electron chi connectivity index (χ2n) is 4.69. The molecule has 1 atom stereocenters. The molecule has 20 heavy (non-hydrogen) atoms. The number of hydrogen-bond acceptors (Lipinski definition) is 2. The van der Waals surface area contributed by atoms with E-state index in [0.717, 1.165) is 18.1 Å². The molecule has 1 heterocycles. The van der Waals surface area contributed by atoms with Crippen LogP contribution in [0.3, 0.4) is 0 Å². The number of hydrogen-bond donors (Lipinski definition) is 1. The number of benzene rings is 1. The minimum absolute atomic E-state index is 0.0240. The van der Waals surface area contributed by atoms with Crippen molar-refractivity contribution in [3.63, 3.8) is 0 Å². The first-order chi connectivity index (χ1) is 9.41. The van der Waals surface area contributed by atoms with Crippen molar-refractivity contribution in [2.24, 2.45) is 0 Å². The number of aryl methyl sites for hydroxylation is 1. The Morgan fingerprint density at radius 3 is 2.50 bits per heavy atom. The minimum atomic E-state index is -4.29. The van der Waals surface area contributed by atoms with Crippen molar-refractivity contribution in [1.82, 2.24) is 5.32 Å². The van der Waals surface area contributed by atoms with Crippen LogP contribution in [0.15, 0.2) is 35.7 Å². The Morgan fingerprint density at radius 2 is 2.00 bits per heavy atom. The van der Waals surface area contributed by atoms with Crippen LogP contribution in [0.4, 0.5) is 13.2 Å². The van der Waals surface area contributed by atoms with Gasteiger partial charge in [0.1, 0.15) is 0 Å². The number of likely N-dealkylation sites (N-methyl/N-ethyl adjacent to an activating group) is 1. The Kier molecular flexibility index (Phi) is 4.50. The van der Waals surface area contributed by atoms with Gasteiger partial charge in [-0.15, -0.1) is 11.3 Å². The summed E-state index contributed by atoms with van der Waals surface area (Å²) in [6, 6.07) is 7.99. The van der Waals surface area contributed by atoms with Crippen molar-refractivity contribution in [3.8, 4) is 0 Å². The van der Waals surface area contributed by atoms with E-state index in [9.17, 15) is 13.2 Å². The summed E-state index contributed by atoms with van der Waals surface area (Å²) in [4.78, 5) is 1.21. The Labute approximate surface area is 120 Å². The lowest BCUT2D eigenvalue weighted by molar-refractivity contribution is -0.137. The summed E-state index contributed by atoms with van der Waals surface area (Å²) >= 11 is 1.65. The quantitative estimate of drug-likeness (QED) is 0.871. The van der Waals surface area contributed by atoms with Crippen molar-refractivity contribution in [3.05, 3.63) is 57.3 Å². The van der Waals surface area contributed by atoms with Crippen LogP contribution < -0.4 is 5.32 Å². The average Bonchev–Trinajstić information content (AvgIpc) is 2.88. The molecule has 2 rings (SSSR count). The van der Waals surface area contributed by atoms with Crippen molar-refractivity contribution < 1.29 is 13.2 Å². The zero-order chi connectivity index (χ0) is 14.8. The summed E-state index contributed by atoms with van der Waals surface area (Å²) in [7, 11) is 1.83. The number of alkyl halides is 3. The highest BCUT2D eigenvalue weighted by Gasteiger charge is 2.31. The van der Waals surface area contributed by atoms with Crippen LogP contribution in [0.25, 0.3) is 0 Å². The standard InChI is InChI=1S/C15H16F3NS/c1-10-8-11(15(16,17)18)5-6-13(10)14(19-2)9-12-4-3-7-20-12/h3-8,14,19H,9H2,1-2H3. The van der Waals surface area contributed by atoms with Gasteiger partial charge in [0.25, 0.3) is 0 Å². The van der Waals surface area contributed by atoms with Gasteiger partial charge in [-0.3, -0.25) is 0 Å². The SMILES string of the molecule is CNC(Cc1cccs1)c1ccc(C(F)(F)F)cc1C. The predicted molar refractivity (Wildman–Crippen MR) is 76.0 cm³/mol. The average molecular weight is 299 g/mol. The molecule has 0 radical (unpaired) electrons. The molecule has 0 fully saturated rings. The molecule has 1 aromatic heterocycles. The van der Waals surface area contributed by atoms with Crippen molar-refractivity contribution in [2.75, 3.05) is 7.05 Å². The number of rotatable bonds is 4. The normalized spacial score (nSPS) is 13.4. The molecular formula is C15H16F3NS. The van der Waals surface area contributed by atoms with Gasteiger partial charge in [0.2, 0.25) is 0 Å². The lowest BCUT2D eigenvalue weighted by atomic mass is 9.96. The fraction of sp³-hybridized carbons (Fsp3) is 0.333. The maximum Gasteiger partial charge on any atom is 0.416 e. The van der Waals surface area contributed by atoms with Crippen LogP contribution in [0, 0.1) is 6.92 Å². The monoisotopic (exact) mass is 299 g/mol. The third kappa shape index (κ3) is 3.41. The first-order valence-electron chi connectivity index (χ1n) is 6.29.